The van der Waals surface area contributed by atoms with Crippen LogP contribution >= 0.6 is 0 Å². The van der Waals surface area contributed by atoms with Crippen molar-refractivity contribution >= 4 is 29.4 Å². The minimum atomic E-state index is -1.91. The summed E-state index contributed by atoms with van der Waals surface area (Å²) in [7, 11) is 0. The third-order valence-electron chi connectivity index (χ3n) is 5.68. The Labute approximate surface area is 182 Å². The molecule has 2 amide bonds. The van der Waals surface area contributed by atoms with Gasteiger partial charge in [0.05, 0.1) is 0 Å². The summed E-state index contributed by atoms with van der Waals surface area (Å²) in [5, 5.41) is 21.2. The molecule has 2 rings (SSSR count). The summed E-state index contributed by atoms with van der Waals surface area (Å²) in [5.74, 6) is -3.08. The zero-order valence-corrected chi connectivity index (χ0v) is 17.8. The highest BCUT2D eigenvalue weighted by Gasteiger charge is 2.57. The number of hydrogen-bond donors (Lipinski definition) is 3. The van der Waals surface area contributed by atoms with Crippen LogP contribution in [0.4, 0.5) is 5.69 Å². The molecule has 3 N–H and O–H groups in total. The SMILES string of the molecule is O=C(O)CCCCCCCCCCNC(=O)C1(C(=O)O)CCC(=O)N1c1ccccc1. The molecule has 0 spiro atoms. The summed E-state index contributed by atoms with van der Waals surface area (Å²) >= 11 is 0. The van der Waals surface area contributed by atoms with E-state index in [1.165, 1.54) is 0 Å². The molecule has 0 radical (unpaired) electrons. The van der Waals surface area contributed by atoms with Gasteiger partial charge in [-0.05, 0) is 31.4 Å². The number of rotatable bonds is 14. The molecule has 1 heterocycles. The number of nitrogens with zero attached hydrogens (tertiary/aromatic N) is 1. The van der Waals surface area contributed by atoms with Crippen LogP contribution in [-0.2, 0) is 19.2 Å². The number of carbonyl (C=O) groups excluding carboxylic acids is 2. The molecule has 1 aliphatic rings. The van der Waals surface area contributed by atoms with Gasteiger partial charge in [0, 0.05) is 25.1 Å². The number of unbranched alkanes of at least 4 members (excludes halogenated alkanes) is 7. The average molecular weight is 433 g/mol. The maximum atomic E-state index is 12.9. The Balaban J connectivity index is 1.76. The van der Waals surface area contributed by atoms with Gasteiger partial charge in [0.25, 0.3) is 5.91 Å². The van der Waals surface area contributed by atoms with Crippen molar-refractivity contribution < 1.29 is 29.4 Å². The van der Waals surface area contributed by atoms with Gasteiger partial charge >= 0.3 is 11.9 Å². The second kappa shape index (κ2) is 12.1. The molecule has 170 valence electrons. The predicted octanol–water partition coefficient (Wildman–Crippen LogP) is 3.35. The van der Waals surface area contributed by atoms with E-state index in [0.29, 0.717) is 12.2 Å². The molecule has 1 fully saturated rings. The summed E-state index contributed by atoms with van der Waals surface area (Å²) in [5.41, 5.74) is -1.50. The molecule has 1 aromatic rings. The van der Waals surface area contributed by atoms with Crippen molar-refractivity contribution in [3.05, 3.63) is 30.3 Å². The highest BCUT2D eigenvalue weighted by Crippen LogP contribution is 2.35. The summed E-state index contributed by atoms with van der Waals surface area (Å²) in [6.45, 7) is 0.364. The first kappa shape index (κ1) is 24.4. The minimum Gasteiger partial charge on any atom is -0.481 e. The lowest BCUT2D eigenvalue weighted by atomic mass is 9.94. The molecule has 1 saturated heterocycles. The molecule has 8 heteroatoms. The first-order chi connectivity index (χ1) is 14.9. The van der Waals surface area contributed by atoms with Gasteiger partial charge in [-0.25, -0.2) is 4.79 Å². The van der Waals surface area contributed by atoms with Gasteiger partial charge in [0.2, 0.25) is 11.4 Å². The molecule has 31 heavy (non-hydrogen) atoms. The standard InChI is InChI=1S/C23H32N2O6/c26-19-15-16-23(22(30)31,25(19)18-12-8-7-9-13-18)21(29)24-17-11-6-4-2-1-3-5-10-14-20(27)28/h7-9,12-13H,1-6,10-11,14-17H2,(H,24,29)(H,27,28)(H,30,31). The van der Waals surface area contributed by atoms with Gasteiger partial charge in [-0.3, -0.25) is 19.3 Å². The third kappa shape index (κ3) is 6.54. The monoisotopic (exact) mass is 432 g/mol. The molecule has 0 bridgehead atoms. The van der Waals surface area contributed by atoms with Crippen molar-refractivity contribution in [2.24, 2.45) is 0 Å². The van der Waals surface area contributed by atoms with Crippen molar-refractivity contribution in [2.75, 3.05) is 11.4 Å². The smallest absolute Gasteiger partial charge is 0.339 e. The lowest BCUT2D eigenvalue weighted by Crippen LogP contribution is -2.62. The number of carbonyl (C=O) groups is 4. The lowest BCUT2D eigenvalue weighted by molar-refractivity contribution is -0.149. The second-order valence-corrected chi connectivity index (χ2v) is 7.96. The fourth-order valence-electron chi connectivity index (χ4n) is 3.99. The van der Waals surface area contributed by atoms with Crippen LogP contribution in [0.15, 0.2) is 30.3 Å². The van der Waals surface area contributed by atoms with E-state index in [9.17, 15) is 24.3 Å². The number of hydrogen-bond acceptors (Lipinski definition) is 4. The number of nitrogens with one attached hydrogen (secondary N) is 1. The molecule has 0 aliphatic carbocycles. The van der Waals surface area contributed by atoms with E-state index in [1.807, 2.05) is 0 Å². The largest absolute Gasteiger partial charge is 0.481 e. The number of carboxylic acid groups (broad SMARTS) is 2. The highest BCUT2D eigenvalue weighted by atomic mass is 16.4. The molecular weight excluding hydrogens is 400 g/mol. The zero-order valence-electron chi connectivity index (χ0n) is 17.8. The maximum absolute atomic E-state index is 12.9. The summed E-state index contributed by atoms with van der Waals surface area (Å²) in [6, 6.07) is 8.45. The summed E-state index contributed by atoms with van der Waals surface area (Å²) in [6.07, 6.45) is 7.62. The van der Waals surface area contributed by atoms with Crippen LogP contribution < -0.4 is 10.2 Å². The zero-order chi connectivity index (χ0) is 22.7. The fourth-order valence-corrected chi connectivity index (χ4v) is 3.99. The summed E-state index contributed by atoms with van der Waals surface area (Å²) in [4.78, 5) is 49.0. The first-order valence-corrected chi connectivity index (χ1v) is 11.0. The van der Waals surface area contributed by atoms with Crippen molar-refractivity contribution in [1.29, 1.82) is 0 Å². The molecule has 0 aromatic heterocycles. The number of carboxylic acids is 2. The summed E-state index contributed by atoms with van der Waals surface area (Å²) < 4.78 is 0. The van der Waals surface area contributed by atoms with Crippen LogP contribution in [0.3, 0.4) is 0 Å². The van der Waals surface area contributed by atoms with E-state index in [1.54, 1.807) is 30.3 Å². The van der Waals surface area contributed by atoms with Crippen LogP contribution in [-0.4, -0.2) is 46.0 Å². The normalized spacial score (nSPS) is 18.2. The maximum Gasteiger partial charge on any atom is 0.339 e. The van der Waals surface area contributed by atoms with E-state index in [2.05, 4.69) is 5.32 Å². The third-order valence-corrected chi connectivity index (χ3v) is 5.68. The molecule has 8 nitrogen and oxygen atoms in total. The van der Waals surface area contributed by atoms with E-state index in [4.69, 9.17) is 5.11 Å². The predicted molar refractivity (Wildman–Crippen MR) is 116 cm³/mol. The van der Waals surface area contributed by atoms with Crippen molar-refractivity contribution in [3.63, 3.8) is 0 Å². The molecule has 1 aromatic carbocycles. The minimum absolute atomic E-state index is 0.0150. The van der Waals surface area contributed by atoms with Gasteiger partial charge in [-0.2, -0.15) is 0 Å². The Morgan fingerprint density at radius 3 is 2.06 bits per heavy atom. The molecule has 1 unspecified atom stereocenters. The number of amides is 2. The van der Waals surface area contributed by atoms with Gasteiger partial charge in [-0.1, -0.05) is 56.7 Å². The Bertz CT molecular complexity index is 767. The number of para-hydroxylation sites is 1. The second-order valence-electron chi connectivity index (χ2n) is 7.96. The van der Waals surface area contributed by atoms with Crippen molar-refractivity contribution in [2.45, 2.75) is 76.2 Å². The quantitative estimate of drug-likeness (QED) is 0.306. The number of benzene rings is 1. The van der Waals surface area contributed by atoms with Gasteiger partial charge in [-0.15, -0.1) is 0 Å². The highest BCUT2D eigenvalue weighted by molar-refractivity contribution is 6.19. The number of anilines is 1. The van der Waals surface area contributed by atoms with Crippen LogP contribution in [0.5, 0.6) is 0 Å². The van der Waals surface area contributed by atoms with E-state index < -0.39 is 23.4 Å². The van der Waals surface area contributed by atoms with Gasteiger partial charge in [0.1, 0.15) is 0 Å². The van der Waals surface area contributed by atoms with E-state index >= 15 is 0 Å². The Morgan fingerprint density at radius 2 is 1.48 bits per heavy atom. The molecular formula is C23H32N2O6. The van der Waals surface area contributed by atoms with Crippen LogP contribution in [0, 0.1) is 0 Å². The Kier molecular flexibility index (Phi) is 9.49. The van der Waals surface area contributed by atoms with E-state index in [0.717, 1.165) is 56.3 Å². The molecule has 0 saturated carbocycles. The van der Waals surface area contributed by atoms with Gasteiger partial charge < -0.3 is 15.5 Å². The topological polar surface area (TPSA) is 124 Å². The average Bonchev–Trinajstić information content (AvgIpc) is 3.10. The Hall–Kier alpha value is -2.90. The lowest BCUT2D eigenvalue weighted by Gasteiger charge is -2.33. The van der Waals surface area contributed by atoms with Crippen molar-refractivity contribution in [1.82, 2.24) is 5.32 Å². The van der Waals surface area contributed by atoms with Crippen LogP contribution in [0.25, 0.3) is 0 Å². The Morgan fingerprint density at radius 1 is 0.903 bits per heavy atom. The first-order valence-electron chi connectivity index (χ1n) is 11.0. The van der Waals surface area contributed by atoms with E-state index in [-0.39, 0.29) is 25.2 Å². The number of aliphatic carboxylic acids is 2. The fraction of sp³-hybridized carbons (Fsp3) is 0.565. The van der Waals surface area contributed by atoms with Gasteiger partial charge in [0.15, 0.2) is 0 Å². The van der Waals surface area contributed by atoms with Crippen LogP contribution in [0.2, 0.25) is 0 Å². The van der Waals surface area contributed by atoms with Crippen molar-refractivity contribution in [3.8, 4) is 0 Å². The molecule has 1 aliphatic heterocycles. The van der Waals surface area contributed by atoms with Crippen LogP contribution in [0.1, 0.15) is 70.6 Å². The molecule has 1 atom stereocenters.